The third kappa shape index (κ3) is 2.93. The first kappa shape index (κ1) is 16.0. The van der Waals surface area contributed by atoms with Crippen molar-refractivity contribution in [1.29, 1.82) is 0 Å². The highest BCUT2D eigenvalue weighted by Gasteiger charge is 2.16. The highest BCUT2D eigenvalue weighted by molar-refractivity contribution is 5.61. The largest absolute Gasteiger partial charge is 0.332 e. The number of nitrogens with zero attached hydrogens (tertiary/aromatic N) is 4. The van der Waals surface area contributed by atoms with E-state index in [1.54, 1.807) is 10.9 Å². The van der Waals surface area contributed by atoms with Gasteiger partial charge in [-0.1, -0.05) is 41.6 Å². The van der Waals surface area contributed by atoms with Crippen LogP contribution in [0.3, 0.4) is 0 Å². The Bertz CT molecular complexity index is 1140. The van der Waals surface area contributed by atoms with Gasteiger partial charge in [0.05, 0.1) is 5.69 Å². The zero-order valence-corrected chi connectivity index (χ0v) is 14.4. The Hall–Kier alpha value is -3.54. The average Bonchev–Trinajstić information content (AvgIpc) is 3.12. The van der Waals surface area contributed by atoms with Crippen molar-refractivity contribution < 1.29 is 4.52 Å². The van der Waals surface area contributed by atoms with Crippen molar-refractivity contribution in [3.05, 3.63) is 82.1 Å². The quantitative estimate of drug-likeness (QED) is 0.568. The summed E-state index contributed by atoms with van der Waals surface area (Å²) >= 11 is 0. The highest BCUT2D eigenvalue weighted by Crippen LogP contribution is 2.22. The average molecular weight is 344 g/mol. The van der Waals surface area contributed by atoms with Gasteiger partial charge < -0.3 is 4.52 Å². The van der Waals surface area contributed by atoms with Crippen LogP contribution in [0.2, 0.25) is 0 Å². The zero-order valence-electron chi connectivity index (χ0n) is 14.4. The van der Waals surface area contributed by atoms with Gasteiger partial charge in [0.1, 0.15) is 0 Å². The minimum atomic E-state index is -0.270. The van der Waals surface area contributed by atoms with Crippen molar-refractivity contribution in [2.45, 2.75) is 13.8 Å². The van der Waals surface area contributed by atoms with Crippen molar-refractivity contribution in [1.82, 2.24) is 19.9 Å². The van der Waals surface area contributed by atoms with E-state index in [9.17, 15) is 4.79 Å². The van der Waals surface area contributed by atoms with Crippen LogP contribution in [0, 0.1) is 13.8 Å². The van der Waals surface area contributed by atoms with E-state index in [-0.39, 0.29) is 17.0 Å². The van der Waals surface area contributed by atoms with Crippen LogP contribution in [0.15, 0.2) is 70.1 Å². The minimum Gasteiger partial charge on any atom is -0.332 e. The van der Waals surface area contributed by atoms with Crippen LogP contribution in [0.1, 0.15) is 11.1 Å². The topological polar surface area (TPSA) is 73.8 Å². The van der Waals surface area contributed by atoms with Crippen LogP contribution in [0.4, 0.5) is 0 Å². The number of rotatable bonds is 3. The first-order chi connectivity index (χ1) is 12.6. The van der Waals surface area contributed by atoms with Crippen molar-refractivity contribution >= 4 is 0 Å². The molecular formula is C20H16N4O2. The van der Waals surface area contributed by atoms with Crippen molar-refractivity contribution in [2.75, 3.05) is 0 Å². The van der Waals surface area contributed by atoms with Gasteiger partial charge in [0.25, 0.3) is 5.89 Å². The van der Waals surface area contributed by atoms with E-state index in [0.717, 1.165) is 22.4 Å². The summed E-state index contributed by atoms with van der Waals surface area (Å²) in [6.45, 7) is 3.97. The lowest BCUT2D eigenvalue weighted by Gasteiger charge is -2.06. The van der Waals surface area contributed by atoms with Gasteiger partial charge >= 0.3 is 0 Å². The van der Waals surface area contributed by atoms with Gasteiger partial charge in [0, 0.05) is 17.8 Å². The Morgan fingerprint density at radius 1 is 1.00 bits per heavy atom. The monoisotopic (exact) mass is 344 g/mol. The second kappa shape index (κ2) is 6.40. The van der Waals surface area contributed by atoms with E-state index >= 15 is 0 Å². The standard InChI is InChI=1S/C20H16N4O2/c1-13-6-5-8-15(12-13)24-11-10-17(25)18(22-24)20-21-19(23-26-20)16-9-4-3-7-14(16)2/h3-12H,1-2H3. The number of benzene rings is 2. The fourth-order valence-electron chi connectivity index (χ4n) is 2.72. The summed E-state index contributed by atoms with van der Waals surface area (Å²) in [6.07, 6.45) is 1.62. The highest BCUT2D eigenvalue weighted by atomic mass is 16.5. The molecule has 0 radical (unpaired) electrons. The summed E-state index contributed by atoms with van der Waals surface area (Å²) in [5.41, 5.74) is 3.69. The molecule has 0 spiro atoms. The summed E-state index contributed by atoms with van der Waals surface area (Å²) in [6, 6.07) is 17.0. The molecule has 128 valence electrons. The minimum absolute atomic E-state index is 0.107. The molecule has 0 unspecified atom stereocenters. The van der Waals surface area contributed by atoms with Crippen LogP contribution in [-0.2, 0) is 0 Å². The fraction of sp³-hybridized carbons (Fsp3) is 0.100. The molecule has 4 rings (SSSR count). The molecule has 0 atom stereocenters. The van der Waals surface area contributed by atoms with Gasteiger partial charge in [-0.3, -0.25) is 4.79 Å². The summed E-state index contributed by atoms with van der Waals surface area (Å²) < 4.78 is 6.94. The molecule has 0 saturated heterocycles. The van der Waals surface area contributed by atoms with Crippen molar-refractivity contribution in [3.63, 3.8) is 0 Å². The first-order valence-corrected chi connectivity index (χ1v) is 8.19. The molecule has 2 heterocycles. The zero-order chi connectivity index (χ0) is 18.1. The molecule has 0 N–H and O–H groups in total. The Balaban J connectivity index is 1.78. The van der Waals surface area contributed by atoms with Gasteiger partial charge in [0.2, 0.25) is 11.3 Å². The van der Waals surface area contributed by atoms with Crippen LogP contribution in [0.25, 0.3) is 28.7 Å². The summed E-state index contributed by atoms with van der Waals surface area (Å²) in [4.78, 5) is 16.7. The molecule has 4 aromatic rings. The Labute approximate surface area is 149 Å². The van der Waals surface area contributed by atoms with Gasteiger partial charge in [-0.2, -0.15) is 10.1 Å². The third-order valence-electron chi connectivity index (χ3n) is 4.09. The lowest BCUT2D eigenvalue weighted by molar-refractivity contribution is 0.429. The number of aryl methyl sites for hydroxylation is 2. The van der Waals surface area contributed by atoms with E-state index in [1.165, 1.54) is 6.07 Å². The summed E-state index contributed by atoms with van der Waals surface area (Å²) in [5.74, 6) is 0.542. The van der Waals surface area contributed by atoms with Crippen LogP contribution in [-0.4, -0.2) is 19.9 Å². The van der Waals surface area contributed by atoms with Crippen LogP contribution in [0.5, 0.6) is 0 Å². The Morgan fingerprint density at radius 3 is 2.65 bits per heavy atom. The molecule has 26 heavy (non-hydrogen) atoms. The van der Waals surface area contributed by atoms with Gasteiger partial charge in [-0.15, -0.1) is 0 Å². The maximum Gasteiger partial charge on any atom is 0.282 e. The maximum atomic E-state index is 12.3. The molecule has 6 nitrogen and oxygen atoms in total. The van der Waals surface area contributed by atoms with Crippen LogP contribution >= 0.6 is 0 Å². The Kier molecular flexibility index (Phi) is 3.93. The molecule has 2 aromatic heterocycles. The normalized spacial score (nSPS) is 10.8. The van der Waals surface area contributed by atoms with E-state index in [1.807, 2.05) is 62.4 Å². The van der Waals surface area contributed by atoms with Crippen molar-refractivity contribution in [2.24, 2.45) is 0 Å². The molecule has 0 aliphatic heterocycles. The van der Waals surface area contributed by atoms with E-state index in [0.29, 0.717) is 5.82 Å². The number of hydrogen-bond donors (Lipinski definition) is 0. The molecule has 0 amide bonds. The summed E-state index contributed by atoms with van der Waals surface area (Å²) in [7, 11) is 0. The molecular weight excluding hydrogens is 328 g/mol. The van der Waals surface area contributed by atoms with Gasteiger partial charge in [0.15, 0.2) is 5.69 Å². The van der Waals surface area contributed by atoms with E-state index in [4.69, 9.17) is 4.52 Å². The van der Waals surface area contributed by atoms with E-state index in [2.05, 4.69) is 15.2 Å². The smallest absolute Gasteiger partial charge is 0.282 e. The summed E-state index contributed by atoms with van der Waals surface area (Å²) in [5, 5.41) is 8.40. The molecule has 0 aliphatic carbocycles. The number of hydrogen-bond acceptors (Lipinski definition) is 5. The van der Waals surface area contributed by atoms with Crippen molar-refractivity contribution in [3.8, 4) is 28.7 Å². The fourth-order valence-corrected chi connectivity index (χ4v) is 2.72. The molecule has 0 saturated carbocycles. The predicted molar refractivity (Wildman–Crippen MR) is 98.0 cm³/mol. The lowest BCUT2D eigenvalue weighted by atomic mass is 10.1. The number of aromatic nitrogens is 4. The molecule has 0 aliphatic rings. The van der Waals surface area contributed by atoms with E-state index < -0.39 is 0 Å². The third-order valence-corrected chi connectivity index (χ3v) is 4.09. The van der Waals surface area contributed by atoms with Gasteiger partial charge in [-0.05, 0) is 37.1 Å². The predicted octanol–water partition coefficient (Wildman–Crippen LogP) is 3.57. The molecule has 6 heteroatoms. The Morgan fingerprint density at radius 2 is 1.85 bits per heavy atom. The molecule has 0 bridgehead atoms. The SMILES string of the molecule is Cc1cccc(-n2ccc(=O)c(-c3nc(-c4ccccc4C)no3)n2)c1. The molecule has 2 aromatic carbocycles. The first-order valence-electron chi connectivity index (χ1n) is 8.19. The molecule has 0 fully saturated rings. The lowest BCUT2D eigenvalue weighted by Crippen LogP contribution is -2.12. The maximum absolute atomic E-state index is 12.3. The second-order valence-electron chi connectivity index (χ2n) is 6.05. The van der Waals surface area contributed by atoms with Gasteiger partial charge in [-0.25, -0.2) is 4.68 Å². The van der Waals surface area contributed by atoms with Crippen LogP contribution < -0.4 is 5.43 Å². The second-order valence-corrected chi connectivity index (χ2v) is 6.05.